The zero-order valence-corrected chi connectivity index (χ0v) is 13.8. The Bertz CT molecular complexity index is 520. The third kappa shape index (κ3) is 5.46. The highest BCUT2D eigenvalue weighted by Crippen LogP contribution is 2.26. The summed E-state index contributed by atoms with van der Waals surface area (Å²) in [5.74, 6) is -1.76. The second-order valence-electron chi connectivity index (χ2n) is 6.20. The quantitative estimate of drug-likeness (QED) is 0.669. The van der Waals surface area contributed by atoms with Crippen molar-refractivity contribution >= 4 is 5.96 Å². The monoisotopic (exact) mass is 325 g/mol. The number of hydrogen-bond acceptors (Lipinski definition) is 2. The molecule has 1 aromatic rings. The van der Waals surface area contributed by atoms with Crippen LogP contribution in [0.15, 0.2) is 29.3 Å². The third-order valence-corrected chi connectivity index (χ3v) is 4.15. The molecule has 1 saturated heterocycles. The molecule has 6 heteroatoms. The van der Waals surface area contributed by atoms with E-state index in [9.17, 15) is 8.78 Å². The van der Waals surface area contributed by atoms with Gasteiger partial charge in [-0.25, -0.2) is 13.8 Å². The molecule has 2 N–H and O–H groups in total. The van der Waals surface area contributed by atoms with Crippen LogP contribution in [0.5, 0.6) is 0 Å². The first-order valence-electron chi connectivity index (χ1n) is 7.92. The lowest BCUT2D eigenvalue weighted by atomic mass is 10.00. The fourth-order valence-electron chi connectivity index (χ4n) is 2.61. The van der Waals surface area contributed by atoms with Crippen LogP contribution in [0.3, 0.4) is 0 Å². The van der Waals surface area contributed by atoms with Crippen LogP contribution in [0.2, 0.25) is 0 Å². The number of nitrogens with zero attached hydrogens (tertiary/aromatic N) is 2. The number of halogens is 2. The lowest BCUT2D eigenvalue weighted by Gasteiger charge is -2.27. The average molecular weight is 325 g/mol. The smallest absolute Gasteiger partial charge is 0.270 e. The Morgan fingerprint density at radius 3 is 2.48 bits per heavy atom. The number of rotatable bonds is 5. The van der Waals surface area contributed by atoms with E-state index in [1.165, 1.54) is 12.1 Å². The Balaban J connectivity index is 1.88. The highest BCUT2D eigenvalue weighted by molar-refractivity contribution is 5.77. The summed E-state index contributed by atoms with van der Waals surface area (Å²) in [6.07, 6.45) is 2.09. The summed E-state index contributed by atoms with van der Waals surface area (Å²) >= 11 is 0. The van der Waals surface area contributed by atoms with Crippen molar-refractivity contribution in [3.8, 4) is 0 Å². The molecule has 4 nitrogen and oxygen atoms in total. The lowest BCUT2D eigenvalue weighted by molar-refractivity contribution is 0.0174. The topological polar surface area (TPSA) is 50.9 Å². The Morgan fingerprint density at radius 1 is 1.30 bits per heavy atom. The lowest BCUT2D eigenvalue weighted by Crippen LogP contribution is -2.38. The van der Waals surface area contributed by atoms with Crippen LogP contribution in [-0.2, 0) is 17.2 Å². The van der Waals surface area contributed by atoms with E-state index in [1.807, 2.05) is 11.9 Å². The van der Waals surface area contributed by atoms with Gasteiger partial charge >= 0.3 is 0 Å². The Morgan fingerprint density at radius 2 is 1.91 bits per heavy atom. The van der Waals surface area contributed by atoms with Crippen LogP contribution in [0.4, 0.5) is 8.78 Å². The van der Waals surface area contributed by atoms with Gasteiger partial charge in [0.05, 0.1) is 6.54 Å². The number of hydrogen-bond donors (Lipinski definition) is 1. The highest BCUT2D eigenvalue weighted by Gasteiger charge is 2.23. The van der Waals surface area contributed by atoms with E-state index in [2.05, 4.69) is 4.99 Å². The van der Waals surface area contributed by atoms with Crippen LogP contribution in [0, 0.1) is 5.92 Å². The Labute approximate surface area is 136 Å². The number of ether oxygens (including phenoxy) is 1. The van der Waals surface area contributed by atoms with Crippen molar-refractivity contribution in [3.63, 3.8) is 0 Å². The first-order valence-corrected chi connectivity index (χ1v) is 7.92. The molecule has 0 atom stereocenters. The summed E-state index contributed by atoms with van der Waals surface area (Å²) in [5.41, 5.74) is 6.88. The molecule has 0 bridgehead atoms. The average Bonchev–Trinajstić information content (AvgIpc) is 2.53. The largest absolute Gasteiger partial charge is 0.381 e. The van der Waals surface area contributed by atoms with E-state index in [1.54, 1.807) is 12.1 Å². The molecule has 0 radical (unpaired) electrons. The molecule has 0 unspecified atom stereocenters. The predicted molar refractivity (Wildman–Crippen MR) is 87.5 cm³/mol. The normalized spacial score (nSPS) is 17.3. The van der Waals surface area contributed by atoms with Crippen molar-refractivity contribution in [2.45, 2.75) is 32.2 Å². The van der Waals surface area contributed by atoms with Crippen molar-refractivity contribution in [1.29, 1.82) is 0 Å². The molecule has 23 heavy (non-hydrogen) atoms. The summed E-state index contributed by atoms with van der Waals surface area (Å²) in [7, 11) is 1.93. The van der Waals surface area contributed by atoms with E-state index >= 15 is 0 Å². The van der Waals surface area contributed by atoms with E-state index in [0.717, 1.165) is 45.1 Å². The van der Waals surface area contributed by atoms with Gasteiger partial charge in [-0.3, -0.25) is 0 Å². The Hall–Kier alpha value is -1.69. The first kappa shape index (κ1) is 17.7. The molecule has 1 fully saturated rings. The molecule has 1 aromatic carbocycles. The number of aliphatic imine (C=N–C) groups is 1. The second-order valence-corrected chi connectivity index (χ2v) is 6.20. The van der Waals surface area contributed by atoms with Crippen LogP contribution in [0.25, 0.3) is 0 Å². The van der Waals surface area contributed by atoms with Gasteiger partial charge in [-0.05, 0) is 24.3 Å². The molecule has 1 aliphatic heterocycles. The minimum absolute atomic E-state index is 0.00911. The van der Waals surface area contributed by atoms with Crippen LogP contribution in [-0.4, -0.2) is 37.7 Å². The summed E-state index contributed by atoms with van der Waals surface area (Å²) < 4.78 is 31.7. The zero-order valence-electron chi connectivity index (χ0n) is 13.8. The van der Waals surface area contributed by atoms with Gasteiger partial charge in [0.25, 0.3) is 5.92 Å². The molecular weight excluding hydrogens is 300 g/mol. The second kappa shape index (κ2) is 7.73. The molecule has 0 aliphatic carbocycles. The van der Waals surface area contributed by atoms with E-state index < -0.39 is 5.92 Å². The number of alkyl halides is 2. The van der Waals surface area contributed by atoms with Gasteiger partial charge in [0.15, 0.2) is 5.96 Å². The third-order valence-electron chi connectivity index (χ3n) is 4.15. The molecule has 0 saturated carbocycles. The summed E-state index contributed by atoms with van der Waals surface area (Å²) in [6.45, 7) is 3.76. The van der Waals surface area contributed by atoms with Crippen molar-refractivity contribution < 1.29 is 13.5 Å². The maximum atomic E-state index is 13.2. The van der Waals surface area contributed by atoms with Gasteiger partial charge in [-0.15, -0.1) is 0 Å². The molecule has 1 aliphatic rings. The Kier molecular flexibility index (Phi) is 5.93. The SMILES string of the molecule is CN(CC1CCOCC1)C(N)=NCc1ccc(C(C)(F)F)cc1. The first-order chi connectivity index (χ1) is 10.9. The van der Waals surface area contributed by atoms with Crippen LogP contribution >= 0.6 is 0 Å². The van der Waals surface area contributed by atoms with Gasteiger partial charge < -0.3 is 15.4 Å². The maximum absolute atomic E-state index is 13.2. The molecular formula is C17H25F2N3O. The predicted octanol–water partition coefficient (Wildman–Crippen LogP) is 2.97. The van der Waals surface area contributed by atoms with Crippen molar-refractivity contribution in [1.82, 2.24) is 4.90 Å². The van der Waals surface area contributed by atoms with E-state index in [-0.39, 0.29) is 5.56 Å². The summed E-state index contributed by atoms with van der Waals surface area (Å²) in [5, 5.41) is 0. The van der Waals surface area contributed by atoms with Crippen LogP contribution < -0.4 is 5.73 Å². The molecule has 2 rings (SSSR count). The number of guanidine groups is 1. The van der Waals surface area contributed by atoms with Gasteiger partial charge in [0, 0.05) is 39.3 Å². The highest BCUT2D eigenvalue weighted by atomic mass is 19.3. The van der Waals surface area contributed by atoms with Crippen LogP contribution in [0.1, 0.15) is 30.9 Å². The molecule has 0 aromatic heterocycles. The van der Waals surface area contributed by atoms with Gasteiger partial charge in [0.2, 0.25) is 0 Å². The number of benzene rings is 1. The minimum atomic E-state index is -2.81. The van der Waals surface area contributed by atoms with Crippen molar-refractivity contribution in [3.05, 3.63) is 35.4 Å². The molecule has 1 heterocycles. The fraction of sp³-hybridized carbons (Fsp3) is 0.588. The van der Waals surface area contributed by atoms with Crippen molar-refractivity contribution in [2.75, 3.05) is 26.8 Å². The standard InChI is InChI=1S/C17H25F2N3O/c1-17(18,19)15-5-3-13(4-6-15)11-21-16(20)22(2)12-14-7-9-23-10-8-14/h3-6,14H,7-12H2,1-2H3,(H2,20,21). The summed E-state index contributed by atoms with van der Waals surface area (Å²) in [4.78, 5) is 6.30. The fourth-order valence-corrected chi connectivity index (χ4v) is 2.61. The van der Waals surface area contributed by atoms with Gasteiger partial charge in [0.1, 0.15) is 0 Å². The molecule has 128 valence electrons. The maximum Gasteiger partial charge on any atom is 0.270 e. The molecule has 0 spiro atoms. The number of nitrogens with two attached hydrogens (primary N) is 1. The zero-order chi connectivity index (χ0) is 16.9. The van der Waals surface area contributed by atoms with Gasteiger partial charge in [-0.1, -0.05) is 24.3 Å². The van der Waals surface area contributed by atoms with Gasteiger partial charge in [-0.2, -0.15) is 0 Å². The summed E-state index contributed by atoms with van der Waals surface area (Å²) in [6, 6.07) is 6.21. The molecule has 0 amide bonds. The van der Waals surface area contributed by atoms with Crippen molar-refractivity contribution in [2.24, 2.45) is 16.6 Å². The van der Waals surface area contributed by atoms with E-state index in [0.29, 0.717) is 18.4 Å². The van der Waals surface area contributed by atoms with E-state index in [4.69, 9.17) is 10.5 Å². The minimum Gasteiger partial charge on any atom is -0.381 e.